The second-order valence-corrected chi connectivity index (χ2v) is 8.42. The number of rotatable bonds is 9. The number of aryl methyl sites for hydroxylation is 1. The third-order valence-corrected chi connectivity index (χ3v) is 5.87. The normalized spacial score (nSPS) is 13.9. The zero-order valence-corrected chi connectivity index (χ0v) is 24.5. The number of aromatic amines is 1. The number of H-pyrrole nitrogens is 1. The van der Waals surface area contributed by atoms with Gasteiger partial charge in [-0.15, -0.1) is 12.7 Å². The molecule has 2 aromatic heterocycles. The largest absolute Gasteiger partial charge is 1.00 e. The molecule has 1 saturated carbocycles. The van der Waals surface area contributed by atoms with E-state index >= 15 is 0 Å². The van der Waals surface area contributed by atoms with Gasteiger partial charge in [-0.25, -0.2) is 14.4 Å². The average molecular weight is 557 g/mol. The number of nitrogens with one attached hydrogen (secondary N) is 2. The molecule has 1 fully saturated rings. The van der Waals surface area contributed by atoms with Crippen LogP contribution in [0.15, 0.2) is 36.3 Å². The Kier molecular flexibility index (Phi) is 10.1. The van der Waals surface area contributed by atoms with Gasteiger partial charge in [-0.05, 0) is 42.9 Å². The summed E-state index contributed by atoms with van der Waals surface area (Å²) in [4.78, 5) is 14.7. The van der Waals surface area contributed by atoms with E-state index in [4.69, 9.17) is 14.9 Å². The van der Waals surface area contributed by atoms with E-state index in [2.05, 4.69) is 25.3 Å². The van der Waals surface area contributed by atoms with Crippen molar-refractivity contribution in [1.82, 2.24) is 19.9 Å². The van der Waals surface area contributed by atoms with E-state index in [1.807, 2.05) is 6.92 Å². The summed E-state index contributed by atoms with van der Waals surface area (Å²) >= 11 is 0. The summed E-state index contributed by atoms with van der Waals surface area (Å²) < 4.78 is 64.3. The monoisotopic (exact) mass is 556 g/mol. The Morgan fingerprint density at radius 3 is 2.50 bits per heavy atom. The van der Waals surface area contributed by atoms with Crippen LogP contribution >= 0.6 is 0 Å². The van der Waals surface area contributed by atoms with E-state index in [1.165, 1.54) is 25.3 Å². The number of halogens is 4. The summed E-state index contributed by atoms with van der Waals surface area (Å²) in [6, 6.07) is 4.05. The Labute approximate surface area is 259 Å². The number of hydrogen-bond acceptors (Lipinski definition) is 6. The zero-order valence-electron chi connectivity index (χ0n) is 21.4. The van der Waals surface area contributed by atoms with Crippen molar-refractivity contribution in [2.75, 3.05) is 14.2 Å². The van der Waals surface area contributed by atoms with Crippen LogP contribution < -0.4 is 56.1 Å². The second kappa shape index (κ2) is 12.7. The van der Waals surface area contributed by atoms with Gasteiger partial charge in [0.15, 0.2) is 5.82 Å². The van der Waals surface area contributed by atoms with Crippen LogP contribution in [0.4, 0.5) is 17.6 Å². The fraction of sp³-hybridized carbons (Fsp3) is 0.360. The van der Waals surface area contributed by atoms with Crippen molar-refractivity contribution >= 4 is 11.5 Å². The molecular formula is C25H25F4KN6O2. The molecule has 1 aliphatic carbocycles. The van der Waals surface area contributed by atoms with Gasteiger partial charge in [0.25, 0.3) is 0 Å². The molecular weight excluding hydrogens is 531 g/mol. The maximum Gasteiger partial charge on any atom is 1.00 e. The van der Waals surface area contributed by atoms with Crippen LogP contribution in [0.2, 0.25) is 0 Å². The maximum absolute atomic E-state index is 14.7. The summed E-state index contributed by atoms with van der Waals surface area (Å²) in [5.74, 6) is -0.347. The summed E-state index contributed by atoms with van der Waals surface area (Å²) in [6.07, 6.45) is 0.111. The number of benzene rings is 1. The van der Waals surface area contributed by atoms with Crippen LogP contribution in [0.1, 0.15) is 42.4 Å². The summed E-state index contributed by atoms with van der Waals surface area (Å²) in [5, 5.41) is 12.6. The van der Waals surface area contributed by atoms with Crippen LogP contribution in [-0.2, 0) is 23.9 Å². The first-order valence-corrected chi connectivity index (χ1v) is 11.5. The van der Waals surface area contributed by atoms with Gasteiger partial charge in [-0.2, -0.15) is 18.2 Å². The minimum absolute atomic E-state index is 0. The van der Waals surface area contributed by atoms with Crippen LogP contribution in [0.25, 0.3) is 22.3 Å². The number of aromatic nitrogens is 4. The molecule has 1 aromatic carbocycles. The van der Waals surface area contributed by atoms with Gasteiger partial charge >= 0.3 is 57.6 Å². The van der Waals surface area contributed by atoms with Gasteiger partial charge in [0.1, 0.15) is 23.9 Å². The molecule has 0 aliphatic heterocycles. The number of imidazole rings is 1. The third kappa shape index (κ3) is 6.81. The van der Waals surface area contributed by atoms with Crippen molar-refractivity contribution in [3.63, 3.8) is 0 Å². The molecule has 0 unspecified atom stereocenters. The smallest absolute Gasteiger partial charge is 0.689 e. The Morgan fingerprint density at radius 2 is 1.95 bits per heavy atom. The van der Waals surface area contributed by atoms with Gasteiger partial charge < -0.3 is 19.8 Å². The molecule has 0 spiro atoms. The fourth-order valence-corrected chi connectivity index (χ4v) is 3.76. The van der Waals surface area contributed by atoms with Gasteiger partial charge in [-0.3, -0.25) is 5.41 Å². The Balaban J connectivity index is 0.00000400. The van der Waals surface area contributed by atoms with Crippen molar-refractivity contribution in [2.45, 2.75) is 39.0 Å². The van der Waals surface area contributed by atoms with Crippen molar-refractivity contribution in [2.24, 2.45) is 5.92 Å². The minimum Gasteiger partial charge on any atom is -0.689 e. The van der Waals surface area contributed by atoms with Gasteiger partial charge in [0.2, 0.25) is 11.8 Å². The number of alkyl halides is 3. The van der Waals surface area contributed by atoms with Crippen molar-refractivity contribution in [3.8, 4) is 17.3 Å². The standard InChI is InChI=1S/C25H25F4N6O2.K/c1-4-14-10-32-23(19(21(30)36-3)20(31-2)15-6-7-15)35-24(14)37-12-13-5-8-16(17(26)9-13)22-33-11-18(34-22)25(27,28)29;/h5,8-11,15,30H,4,6-7,12H2,1-3H3,(H,33,34);/q-1;+1/b20-19+,30-21?;. The molecule has 196 valence electrons. The van der Waals surface area contributed by atoms with Crippen LogP contribution in [0.3, 0.4) is 0 Å². The first-order valence-electron chi connectivity index (χ1n) is 11.5. The van der Waals surface area contributed by atoms with Crippen LogP contribution in [0.5, 0.6) is 5.88 Å². The summed E-state index contributed by atoms with van der Waals surface area (Å²) in [5.41, 5.74) is 1.09. The number of hydrogen-bond donors (Lipinski definition) is 2. The fourth-order valence-electron chi connectivity index (χ4n) is 3.76. The van der Waals surface area contributed by atoms with Gasteiger partial charge in [-0.1, -0.05) is 13.0 Å². The number of methoxy groups -OCH3 is 1. The molecule has 13 heteroatoms. The number of allylic oxidation sites excluding steroid dienone is 1. The number of ether oxygens (including phenoxy) is 2. The van der Waals surface area contributed by atoms with Crippen LogP contribution in [-0.4, -0.2) is 40.0 Å². The minimum atomic E-state index is -4.61. The first-order chi connectivity index (χ1) is 17.7. The van der Waals surface area contributed by atoms with E-state index in [0.717, 1.165) is 12.8 Å². The molecule has 0 bridgehead atoms. The van der Waals surface area contributed by atoms with E-state index in [-0.39, 0.29) is 92.9 Å². The molecule has 0 atom stereocenters. The van der Waals surface area contributed by atoms with Crippen molar-refractivity contribution in [1.29, 1.82) is 5.41 Å². The molecule has 0 amide bonds. The number of nitrogens with zero attached hydrogens (tertiary/aromatic N) is 4. The molecule has 2 N–H and O–H groups in total. The third-order valence-electron chi connectivity index (χ3n) is 5.87. The Bertz CT molecular complexity index is 1340. The summed E-state index contributed by atoms with van der Waals surface area (Å²) in [6.45, 7) is 1.85. The van der Waals surface area contributed by atoms with E-state index < -0.39 is 17.7 Å². The molecule has 0 radical (unpaired) electrons. The van der Waals surface area contributed by atoms with Gasteiger partial charge in [0, 0.05) is 11.8 Å². The molecule has 2 heterocycles. The molecule has 38 heavy (non-hydrogen) atoms. The molecule has 3 aromatic rings. The van der Waals surface area contributed by atoms with E-state index in [9.17, 15) is 17.6 Å². The molecule has 8 nitrogen and oxygen atoms in total. The summed E-state index contributed by atoms with van der Waals surface area (Å²) in [7, 11) is 3.05. The SMILES string of the molecule is CCc1cnc(/C(C(=N)OC)=C(/[N-]C)C2CC2)nc1OCc1ccc(-c2ncc(C(F)(F)F)[nH]2)c(F)c1.[K+]. The van der Waals surface area contributed by atoms with Crippen molar-refractivity contribution in [3.05, 3.63) is 70.1 Å². The average Bonchev–Trinajstić information content (AvgIpc) is 3.59. The molecule has 1 aliphatic rings. The first kappa shape index (κ1) is 30.2. The predicted molar refractivity (Wildman–Crippen MR) is 128 cm³/mol. The maximum atomic E-state index is 14.7. The topological polar surface area (TPSA) is 111 Å². The quantitative estimate of drug-likeness (QED) is 0.182. The van der Waals surface area contributed by atoms with E-state index in [0.29, 0.717) is 35.0 Å². The Hall–Kier alpha value is -2.32. The van der Waals surface area contributed by atoms with E-state index in [1.54, 1.807) is 13.2 Å². The van der Waals surface area contributed by atoms with Crippen LogP contribution in [0, 0.1) is 17.1 Å². The predicted octanol–water partition coefficient (Wildman–Crippen LogP) is 2.92. The molecule has 4 rings (SSSR count). The van der Waals surface area contributed by atoms with Crippen molar-refractivity contribution < 1.29 is 78.4 Å². The second-order valence-electron chi connectivity index (χ2n) is 8.42. The zero-order chi connectivity index (χ0) is 26.7. The Morgan fingerprint density at radius 1 is 1.21 bits per heavy atom. The molecule has 0 saturated heterocycles. The van der Waals surface area contributed by atoms with Gasteiger partial charge in [0.05, 0.1) is 24.4 Å².